The van der Waals surface area contributed by atoms with Crippen LogP contribution in [0.15, 0.2) is 4.91 Å². The van der Waals surface area contributed by atoms with Crippen LogP contribution in [0.25, 0.3) is 0 Å². The lowest BCUT2D eigenvalue weighted by atomic mass is 10.7. The van der Waals surface area contributed by atoms with E-state index in [4.69, 9.17) is 0 Å². The van der Waals surface area contributed by atoms with E-state index in [1.165, 1.54) is 4.91 Å². The molecule has 0 aliphatic carbocycles. The third kappa shape index (κ3) is 0.684. The molecule has 1 nitrogen and oxygen atoms in total. The predicted octanol–water partition coefficient (Wildman–Crippen LogP) is 0.945. The zero-order chi connectivity index (χ0) is 4.41. The molecule has 2 heteroatoms. The van der Waals surface area contributed by atoms with Crippen molar-refractivity contribution in [2.75, 3.05) is 5.88 Å². The van der Waals surface area contributed by atoms with Crippen molar-refractivity contribution in [2.45, 2.75) is 6.92 Å². The maximum absolute atomic E-state index is 2.95. The average molecular weight is 100 g/mol. The molecule has 1 aliphatic heterocycles. The van der Waals surface area contributed by atoms with Crippen LogP contribution in [0.4, 0.5) is 0 Å². The van der Waals surface area contributed by atoms with Gasteiger partial charge < -0.3 is 5.32 Å². The normalized spacial score (nSPS) is 19.8. The van der Waals surface area contributed by atoms with E-state index in [2.05, 4.69) is 11.5 Å². The third-order valence-electron chi connectivity index (χ3n) is 0.625. The molecule has 0 aromatic rings. The first-order valence-electron chi connectivity index (χ1n) is 1.85. The first-order chi connectivity index (χ1) is 2.89. The minimum Gasteiger partial charge on any atom is -0.373 e. The molecule has 0 unspecified atom stereocenters. The highest BCUT2D eigenvalue weighted by Crippen LogP contribution is 2.15. The van der Waals surface area contributed by atoms with Crippen LogP contribution >= 0.6 is 11.8 Å². The molecule has 1 aliphatic rings. The molecule has 0 spiro atoms. The van der Waals surface area contributed by atoms with Crippen LogP contribution in [0.1, 0.15) is 6.92 Å². The third-order valence-corrected chi connectivity index (χ3v) is 1.45. The van der Waals surface area contributed by atoms with Crippen molar-refractivity contribution in [3.63, 3.8) is 0 Å². The van der Waals surface area contributed by atoms with Gasteiger partial charge in [-0.2, -0.15) is 0 Å². The summed E-state index contributed by atoms with van der Waals surface area (Å²) >= 11 is 1.79. The molecule has 1 rings (SSSR count). The van der Waals surface area contributed by atoms with Crippen molar-refractivity contribution >= 4 is 11.8 Å². The average Bonchev–Trinajstić information content (AvgIpc) is 1.86. The topological polar surface area (TPSA) is 12.0 Å². The second-order valence-electron chi connectivity index (χ2n) is 1.15. The number of hydrogen-bond donors (Lipinski definition) is 1. The maximum Gasteiger partial charge on any atom is 0.0685 e. The number of thioether (sulfide) groups is 1. The molecule has 1 radical (unpaired) electrons. The zero-order valence-corrected chi connectivity index (χ0v) is 4.43. The molecule has 0 saturated carbocycles. The molecule has 1 N–H and O–H groups in total. The number of hydrogen-bond acceptors (Lipinski definition) is 2. The molecular formula is C4H6NS. The molecule has 0 bridgehead atoms. The van der Waals surface area contributed by atoms with Gasteiger partial charge in [0, 0.05) is 4.91 Å². The Hall–Kier alpha value is -0.110. The summed E-state index contributed by atoms with van der Waals surface area (Å²) in [6, 6.07) is 0. The van der Waals surface area contributed by atoms with Crippen LogP contribution in [0, 0.1) is 6.20 Å². The first-order valence-corrected chi connectivity index (χ1v) is 2.83. The van der Waals surface area contributed by atoms with Crippen molar-refractivity contribution in [1.82, 2.24) is 5.32 Å². The summed E-state index contributed by atoms with van der Waals surface area (Å²) in [5.41, 5.74) is 0. The lowest BCUT2D eigenvalue weighted by molar-refractivity contribution is 1.04. The number of nitrogens with one attached hydrogen (secondary N) is 1. The molecular weight excluding hydrogens is 94.1 g/mol. The van der Waals surface area contributed by atoms with Gasteiger partial charge in [0.15, 0.2) is 0 Å². The van der Waals surface area contributed by atoms with Crippen molar-refractivity contribution < 1.29 is 0 Å². The summed E-state index contributed by atoms with van der Waals surface area (Å²) in [4.78, 5) is 1.26. The van der Waals surface area contributed by atoms with Crippen LogP contribution in [0.3, 0.4) is 0 Å². The maximum atomic E-state index is 2.95. The van der Waals surface area contributed by atoms with Crippen molar-refractivity contribution in [2.24, 2.45) is 0 Å². The molecule has 1 heterocycles. The first kappa shape index (κ1) is 4.06. The van der Waals surface area contributed by atoms with Crippen molar-refractivity contribution in [3.05, 3.63) is 11.1 Å². The van der Waals surface area contributed by atoms with Crippen molar-refractivity contribution in [1.29, 1.82) is 0 Å². The molecule has 0 fully saturated rings. The summed E-state index contributed by atoms with van der Waals surface area (Å²) in [6.07, 6.45) is 2.95. The van der Waals surface area contributed by atoms with Gasteiger partial charge in [0.2, 0.25) is 0 Å². The summed E-state index contributed by atoms with van der Waals surface area (Å²) in [5, 5.41) is 2.95. The zero-order valence-electron chi connectivity index (χ0n) is 3.62. The fourth-order valence-corrected chi connectivity index (χ4v) is 0.846. The van der Waals surface area contributed by atoms with Crippen LogP contribution in [-0.2, 0) is 0 Å². The van der Waals surface area contributed by atoms with E-state index in [1.54, 1.807) is 11.8 Å². The highest BCUT2D eigenvalue weighted by atomic mass is 32.2. The fourth-order valence-electron chi connectivity index (χ4n) is 0.341. The van der Waals surface area contributed by atoms with Gasteiger partial charge >= 0.3 is 0 Å². The van der Waals surface area contributed by atoms with Crippen LogP contribution in [0.2, 0.25) is 0 Å². The standard InChI is InChI=1S/C4H6NS/c1-4-2-5-3-6-4/h5H,3H2,1H3. The molecule has 0 atom stereocenters. The highest BCUT2D eigenvalue weighted by molar-refractivity contribution is 8.03. The quantitative estimate of drug-likeness (QED) is 0.486. The Kier molecular flexibility index (Phi) is 1.05. The predicted molar refractivity (Wildman–Crippen MR) is 28.0 cm³/mol. The minimum absolute atomic E-state index is 1.01. The molecule has 0 aromatic heterocycles. The second kappa shape index (κ2) is 1.56. The molecule has 0 aromatic carbocycles. The van der Waals surface area contributed by atoms with E-state index in [-0.39, 0.29) is 0 Å². The van der Waals surface area contributed by atoms with Gasteiger partial charge in [-0.1, -0.05) is 0 Å². The van der Waals surface area contributed by atoms with Gasteiger partial charge in [0.25, 0.3) is 0 Å². The lowest BCUT2D eigenvalue weighted by Crippen LogP contribution is -1.94. The minimum atomic E-state index is 1.01. The molecule has 0 saturated heterocycles. The Labute approximate surface area is 41.8 Å². The van der Waals surface area contributed by atoms with E-state index in [0.717, 1.165) is 5.88 Å². The van der Waals surface area contributed by atoms with Crippen LogP contribution < -0.4 is 5.32 Å². The van der Waals surface area contributed by atoms with Gasteiger partial charge in [-0.3, -0.25) is 0 Å². The van der Waals surface area contributed by atoms with Crippen LogP contribution in [0.5, 0.6) is 0 Å². The van der Waals surface area contributed by atoms with Gasteiger partial charge in [-0.25, -0.2) is 0 Å². The second-order valence-corrected chi connectivity index (χ2v) is 2.34. The summed E-state index contributed by atoms with van der Waals surface area (Å²) < 4.78 is 0. The van der Waals surface area contributed by atoms with Gasteiger partial charge in [-0.05, 0) is 6.92 Å². The van der Waals surface area contributed by atoms with Gasteiger partial charge in [0.05, 0.1) is 12.1 Å². The van der Waals surface area contributed by atoms with E-state index < -0.39 is 0 Å². The Morgan fingerprint density at radius 1 is 2.00 bits per heavy atom. The van der Waals surface area contributed by atoms with Gasteiger partial charge in [0.1, 0.15) is 0 Å². The Morgan fingerprint density at radius 3 is 3.00 bits per heavy atom. The van der Waals surface area contributed by atoms with E-state index in [9.17, 15) is 0 Å². The Morgan fingerprint density at radius 2 is 2.83 bits per heavy atom. The van der Waals surface area contributed by atoms with Gasteiger partial charge in [-0.15, -0.1) is 11.8 Å². The fraction of sp³-hybridized carbons (Fsp3) is 0.500. The van der Waals surface area contributed by atoms with Crippen LogP contribution in [-0.4, -0.2) is 5.88 Å². The van der Waals surface area contributed by atoms with E-state index >= 15 is 0 Å². The largest absolute Gasteiger partial charge is 0.373 e. The van der Waals surface area contributed by atoms with E-state index in [1.807, 2.05) is 6.92 Å². The SMILES string of the molecule is CC1=[C]NCS1. The molecule has 33 valence electrons. The smallest absolute Gasteiger partial charge is 0.0685 e. The molecule has 6 heavy (non-hydrogen) atoms. The number of allylic oxidation sites excluding steroid dienone is 1. The Bertz CT molecular complexity index is 77.6. The monoisotopic (exact) mass is 100 g/mol. The van der Waals surface area contributed by atoms with Crippen molar-refractivity contribution in [3.8, 4) is 0 Å². The Balaban J connectivity index is 2.45. The number of rotatable bonds is 0. The highest BCUT2D eigenvalue weighted by Gasteiger charge is 1.94. The summed E-state index contributed by atoms with van der Waals surface area (Å²) in [6.45, 7) is 2.05. The molecule has 0 amide bonds. The summed E-state index contributed by atoms with van der Waals surface area (Å²) in [5.74, 6) is 1.01. The van der Waals surface area contributed by atoms with E-state index in [0.29, 0.717) is 0 Å². The summed E-state index contributed by atoms with van der Waals surface area (Å²) in [7, 11) is 0. The lowest BCUT2D eigenvalue weighted by Gasteiger charge is -1.79.